The Morgan fingerprint density at radius 2 is 2.00 bits per heavy atom. The van der Waals surface area contributed by atoms with Gasteiger partial charge in [-0.3, -0.25) is 9.78 Å². The highest BCUT2D eigenvalue weighted by Gasteiger charge is 2.24. The van der Waals surface area contributed by atoms with Crippen LogP contribution < -0.4 is 4.74 Å². The highest BCUT2D eigenvalue weighted by atomic mass is 19.1. The lowest BCUT2D eigenvalue weighted by molar-refractivity contribution is 0.0733. The molecule has 1 aromatic heterocycles. The Labute approximate surface area is 133 Å². The van der Waals surface area contributed by atoms with Crippen molar-refractivity contribution in [3.63, 3.8) is 0 Å². The minimum atomic E-state index is -0.931. The van der Waals surface area contributed by atoms with Gasteiger partial charge in [-0.05, 0) is 18.1 Å². The Morgan fingerprint density at radius 3 is 2.52 bits per heavy atom. The van der Waals surface area contributed by atoms with E-state index in [0.717, 1.165) is 17.7 Å². The second kappa shape index (κ2) is 7.67. The van der Waals surface area contributed by atoms with Gasteiger partial charge in [0.15, 0.2) is 0 Å². The summed E-state index contributed by atoms with van der Waals surface area (Å²) in [5.74, 6) is -2.52. The van der Waals surface area contributed by atoms with Crippen LogP contribution in [0.2, 0.25) is 0 Å². The monoisotopic (exact) mass is 320 g/mol. The average molecular weight is 320 g/mol. The number of carbonyl (C=O) groups excluding carboxylic acids is 1. The fourth-order valence-electron chi connectivity index (χ4n) is 2.26. The zero-order chi connectivity index (χ0) is 16.8. The maximum Gasteiger partial charge on any atom is 0.260 e. The first-order valence-corrected chi connectivity index (χ1v) is 7.28. The van der Waals surface area contributed by atoms with Crippen molar-refractivity contribution in [2.75, 3.05) is 13.7 Å². The first-order valence-electron chi connectivity index (χ1n) is 7.28. The SMILES string of the molecule is CCCN(Cc1cccnc1)C(=O)c1c(F)cc(OC)cc1F. The Morgan fingerprint density at radius 1 is 1.30 bits per heavy atom. The van der Waals surface area contributed by atoms with E-state index in [1.54, 1.807) is 18.5 Å². The second-order valence-electron chi connectivity index (χ2n) is 5.05. The third-order valence-electron chi connectivity index (χ3n) is 3.34. The third kappa shape index (κ3) is 4.03. The van der Waals surface area contributed by atoms with Gasteiger partial charge in [0.05, 0.1) is 7.11 Å². The van der Waals surface area contributed by atoms with Crippen molar-refractivity contribution >= 4 is 5.91 Å². The van der Waals surface area contributed by atoms with Crippen LogP contribution in [0.1, 0.15) is 29.3 Å². The molecule has 2 aromatic rings. The van der Waals surface area contributed by atoms with Crippen LogP contribution in [0.4, 0.5) is 8.78 Å². The first kappa shape index (κ1) is 16.9. The van der Waals surface area contributed by atoms with Gasteiger partial charge in [0.25, 0.3) is 5.91 Å². The molecule has 0 N–H and O–H groups in total. The molecule has 1 aromatic carbocycles. The van der Waals surface area contributed by atoms with E-state index in [-0.39, 0.29) is 12.3 Å². The third-order valence-corrected chi connectivity index (χ3v) is 3.34. The summed E-state index contributed by atoms with van der Waals surface area (Å²) in [5.41, 5.74) is 0.228. The van der Waals surface area contributed by atoms with Crippen LogP contribution in [0, 0.1) is 11.6 Å². The molecule has 0 atom stereocenters. The van der Waals surface area contributed by atoms with Crippen molar-refractivity contribution in [3.05, 3.63) is 59.4 Å². The number of benzene rings is 1. The molecule has 0 aliphatic heterocycles. The molecule has 0 fully saturated rings. The number of carbonyl (C=O) groups is 1. The highest BCUT2D eigenvalue weighted by molar-refractivity contribution is 5.95. The molecule has 1 heterocycles. The number of hydrogen-bond acceptors (Lipinski definition) is 3. The molecular formula is C17H18F2N2O2. The van der Waals surface area contributed by atoms with Crippen LogP contribution in [0.25, 0.3) is 0 Å². The van der Waals surface area contributed by atoms with Crippen molar-refractivity contribution < 1.29 is 18.3 Å². The van der Waals surface area contributed by atoms with Crippen LogP contribution in [-0.4, -0.2) is 29.4 Å². The van der Waals surface area contributed by atoms with Crippen LogP contribution >= 0.6 is 0 Å². The van der Waals surface area contributed by atoms with Gasteiger partial charge in [0, 0.05) is 37.6 Å². The summed E-state index contributed by atoms with van der Waals surface area (Å²) >= 11 is 0. The fraction of sp³-hybridized carbons (Fsp3) is 0.294. The number of rotatable bonds is 6. The normalized spacial score (nSPS) is 10.4. The molecule has 23 heavy (non-hydrogen) atoms. The summed E-state index contributed by atoms with van der Waals surface area (Å²) in [6, 6.07) is 5.57. The van der Waals surface area contributed by atoms with Gasteiger partial charge in [-0.1, -0.05) is 13.0 Å². The molecule has 0 bridgehead atoms. The number of ether oxygens (including phenoxy) is 1. The van der Waals surface area contributed by atoms with E-state index in [2.05, 4.69) is 4.98 Å². The Kier molecular flexibility index (Phi) is 5.62. The van der Waals surface area contributed by atoms with E-state index in [0.29, 0.717) is 13.0 Å². The van der Waals surface area contributed by atoms with E-state index >= 15 is 0 Å². The lowest BCUT2D eigenvalue weighted by Gasteiger charge is -2.23. The van der Waals surface area contributed by atoms with E-state index in [9.17, 15) is 13.6 Å². The number of nitrogens with zero attached hydrogens (tertiary/aromatic N) is 2. The second-order valence-corrected chi connectivity index (χ2v) is 5.05. The Balaban J connectivity index is 2.31. The van der Waals surface area contributed by atoms with E-state index in [4.69, 9.17) is 4.74 Å². The van der Waals surface area contributed by atoms with Crippen molar-refractivity contribution in [2.45, 2.75) is 19.9 Å². The fourth-order valence-corrected chi connectivity index (χ4v) is 2.26. The predicted octanol–water partition coefficient (Wildman–Crippen LogP) is 3.42. The standard InChI is InChI=1S/C17H18F2N2O2/c1-3-7-21(11-12-5-4-6-20-10-12)17(22)16-14(18)8-13(23-2)9-15(16)19/h4-6,8-10H,3,7,11H2,1-2H3. The zero-order valence-electron chi connectivity index (χ0n) is 13.1. The molecule has 6 heteroatoms. The number of methoxy groups -OCH3 is 1. The van der Waals surface area contributed by atoms with Crippen LogP contribution in [0.15, 0.2) is 36.7 Å². The zero-order valence-corrected chi connectivity index (χ0v) is 13.1. The molecule has 0 spiro atoms. The molecular weight excluding hydrogens is 302 g/mol. The molecule has 0 saturated carbocycles. The molecule has 1 amide bonds. The molecule has 122 valence electrons. The molecule has 0 unspecified atom stereocenters. The maximum absolute atomic E-state index is 14.1. The molecule has 0 aliphatic carbocycles. The molecule has 0 radical (unpaired) electrons. The van der Waals surface area contributed by atoms with Crippen LogP contribution in [0.5, 0.6) is 5.75 Å². The summed E-state index contributed by atoms with van der Waals surface area (Å²) in [6.07, 6.45) is 3.92. The summed E-state index contributed by atoms with van der Waals surface area (Å²) in [5, 5.41) is 0. The van der Waals surface area contributed by atoms with Crippen molar-refractivity contribution in [2.24, 2.45) is 0 Å². The van der Waals surface area contributed by atoms with E-state index in [1.165, 1.54) is 12.0 Å². The first-order chi connectivity index (χ1) is 11.1. The summed E-state index contributed by atoms with van der Waals surface area (Å²) in [7, 11) is 1.31. The maximum atomic E-state index is 14.1. The predicted molar refractivity (Wildman–Crippen MR) is 82.2 cm³/mol. The highest BCUT2D eigenvalue weighted by Crippen LogP contribution is 2.22. The van der Waals surface area contributed by atoms with Crippen molar-refractivity contribution in [1.82, 2.24) is 9.88 Å². The van der Waals surface area contributed by atoms with Gasteiger partial charge in [0.1, 0.15) is 22.9 Å². The minimum absolute atomic E-state index is 0.0332. The quantitative estimate of drug-likeness (QED) is 0.819. The molecule has 0 saturated heterocycles. The van der Waals surface area contributed by atoms with Gasteiger partial charge in [-0.15, -0.1) is 0 Å². The van der Waals surface area contributed by atoms with Crippen LogP contribution in [0.3, 0.4) is 0 Å². The van der Waals surface area contributed by atoms with Crippen LogP contribution in [-0.2, 0) is 6.54 Å². The summed E-state index contributed by atoms with van der Waals surface area (Å²) in [4.78, 5) is 18.0. The lowest BCUT2D eigenvalue weighted by Crippen LogP contribution is -2.32. The molecule has 4 nitrogen and oxygen atoms in total. The van der Waals surface area contributed by atoms with Gasteiger partial charge >= 0.3 is 0 Å². The van der Waals surface area contributed by atoms with Gasteiger partial charge in [-0.25, -0.2) is 8.78 Å². The van der Waals surface area contributed by atoms with E-state index < -0.39 is 23.1 Å². The Hall–Kier alpha value is -2.50. The van der Waals surface area contributed by atoms with Gasteiger partial charge in [-0.2, -0.15) is 0 Å². The average Bonchev–Trinajstić information content (AvgIpc) is 2.54. The smallest absolute Gasteiger partial charge is 0.260 e. The molecule has 0 aliphatic rings. The molecule has 2 rings (SSSR count). The Bertz CT molecular complexity index is 655. The summed E-state index contributed by atoms with van der Waals surface area (Å²) in [6.45, 7) is 2.52. The van der Waals surface area contributed by atoms with Gasteiger partial charge in [0.2, 0.25) is 0 Å². The number of aromatic nitrogens is 1. The summed E-state index contributed by atoms with van der Waals surface area (Å²) < 4.78 is 33.0. The lowest BCUT2D eigenvalue weighted by atomic mass is 10.1. The van der Waals surface area contributed by atoms with Gasteiger partial charge < -0.3 is 9.64 Å². The number of amides is 1. The number of halogens is 2. The number of hydrogen-bond donors (Lipinski definition) is 0. The number of pyridine rings is 1. The largest absolute Gasteiger partial charge is 0.497 e. The minimum Gasteiger partial charge on any atom is -0.497 e. The van der Waals surface area contributed by atoms with Crippen molar-refractivity contribution in [1.29, 1.82) is 0 Å². The van der Waals surface area contributed by atoms with Crippen molar-refractivity contribution in [3.8, 4) is 5.75 Å². The topological polar surface area (TPSA) is 42.4 Å². The van der Waals surface area contributed by atoms with E-state index in [1.807, 2.05) is 13.0 Å².